The first-order valence-electron chi connectivity index (χ1n) is 20.9. The zero-order valence-electron chi connectivity index (χ0n) is 33.9. The monoisotopic (exact) mass is 816 g/mol. The van der Waals surface area contributed by atoms with Crippen LogP contribution < -0.4 is 0 Å². The van der Waals surface area contributed by atoms with Gasteiger partial charge in [0.25, 0.3) is 0 Å². The summed E-state index contributed by atoms with van der Waals surface area (Å²) < 4.78 is 33.3. The molecule has 0 aromatic carbocycles. The predicted molar refractivity (Wildman–Crippen MR) is 216 cm³/mol. The van der Waals surface area contributed by atoms with Crippen LogP contribution >= 0.6 is 7.82 Å². The van der Waals surface area contributed by atoms with Crippen molar-refractivity contribution in [1.29, 1.82) is 0 Å². The number of allylic oxidation sites excluding steroid dienone is 8. The topological polar surface area (TPSA) is 210 Å². The number of carbonyl (C=O) groups is 2. The van der Waals surface area contributed by atoms with Crippen LogP contribution in [0.25, 0.3) is 0 Å². The van der Waals surface area contributed by atoms with Crippen molar-refractivity contribution in [3.05, 3.63) is 48.6 Å². The van der Waals surface area contributed by atoms with Gasteiger partial charge in [0.1, 0.15) is 43.2 Å². The van der Waals surface area contributed by atoms with E-state index in [0.717, 1.165) is 70.6 Å². The summed E-state index contributed by atoms with van der Waals surface area (Å²) in [6, 6.07) is 0. The highest BCUT2D eigenvalue weighted by atomic mass is 31.2. The summed E-state index contributed by atoms with van der Waals surface area (Å²) in [4.78, 5) is 35.5. The number of esters is 2. The van der Waals surface area contributed by atoms with Gasteiger partial charge >= 0.3 is 19.8 Å². The minimum atomic E-state index is -5.12. The van der Waals surface area contributed by atoms with E-state index in [4.69, 9.17) is 18.5 Å². The van der Waals surface area contributed by atoms with Crippen molar-refractivity contribution in [2.75, 3.05) is 13.2 Å². The van der Waals surface area contributed by atoms with Gasteiger partial charge in [0.05, 0.1) is 6.61 Å². The molecular weight excluding hydrogens is 743 g/mol. The normalized spacial score (nSPS) is 23.4. The van der Waals surface area contributed by atoms with Crippen LogP contribution in [0.15, 0.2) is 48.6 Å². The summed E-state index contributed by atoms with van der Waals surface area (Å²) in [6.45, 7) is 3.17. The van der Waals surface area contributed by atoms with Crippen molar-refractivity contribution in [2.45, 2.75) is 191 Å². The first-order valence-corrected chi connectivity index (χ1v) is 22.4. The number of phosphoric ester groups is 1. The summed E-state index contributed by atoms with van der Waals surface area (Å²) in [7, 11) is -5.12. The maximum Gasteiger partial charge on any atom is 0.472 e. The Morgan fingerprint density at radius 3 is 1.52 bits per heavy atom. The van der Waals surface area contributed by atoms with Crippen LogP contribution in [0.2, 0.25) is 0 Å². The quantitative estimate of drug-likeness (QED) is 0.0168. The third-order valence-electron chi connectivity index (χ3n) is 9.39. The standard InChI is InChI=1S/C42H73O13P/c1-3-5-7-9-11-13-15-17-18-19-21-22-24-26-28-30-35(43)52-32-34(54-36(44)31-29-27-25-23-20-16-14-12-10-8-6-4-2)33-53-56(50,51)55-42-40(48)38(46)37(45)39(47)41(42)49/h11-14,17-18,21-22,34,37-42,45-49H,3-10,15-16,19-20,23-33H2,1-2H3,(H,50,51)/b13-11-,14-12-,18-17-,22-21-/t34-,37?,38-,39?,40?,41?,42?/m1/s1. The van der Waals surface area contributed by atoms with Gasteiger partial charge in [0.15, 0.2) is 6.10 Å². The van der Waals surface area contributed by atoms with Gasteiger partial charge in [-0.15, -0.1) is 0 Å². The van der Waals surface area contributed by atoms with E-state index < -0.39 is 75.7 Å². The molecule has 14 heteroatoms. The third kappa shape index (κ3) is 25.2. The molecule has 0 aromatic rings. The molecule has 6 N–H and O–H groups in total. The molecule has 0 saturated heterocycles. The van der Waals surface area contributed by atoms with Crippen molar-refractivity contribution < 1.29 is 63.1 Å². The zero-order valence-corrected chi connectivity index (χ0v) is 34.8. The lowest BCUT2D eigenvalue weighted by molar-refractivity contribution is -0.220. The molecule has 0 heterocycles. The lowest BCUT2D eigenvalue weighted by Crippen LogP contribution is -2.64. The fourth-order valence-corrected chi connectivity index (χ4v) is 6.91. The van der Waals surface area contributed by atoms with Gasteiger partial charge in [-0.2, -0.15) is 0 Å². The zero-order chi connectivity index (χ0) is 41.4. The molecular formula is C42H73O13P. The molecule has 0 amide bonds. The maximum absolute atomic E-state index is 12.8. The van der Waals surface area contributed by atoms with Crippen LogP contribution in [0, 0.1) is 0 Å². The minimum Gasteiger partial charge on any atom is -0.462 e. The molecule has 6 unspecified atom stereocenters. The van der Waals surface area contributed by atoms with Crippen LogP contribution in [-0.4, -0.2) is 98.3 Å². The van der Waals surface area contributed by atoms with Crippen molar-refractivity contribution >= 4 is 19.8 Å². The molecule has 1 saturated carbocycles. The van der Waals surface area contributed by atoms with E-state index in [0.29, 0.717) is 12.8 Å². The van der Waals surface area contributed by atoms with Crippen LogP contribution in [0.5, 0.6) is 0 Å². The Labute approximate surface area is 335 Å². The average molecular weight is 817 g/mol. The van der Waals surface area contributed by atoms with E-state index in [1.54, 1.807) is 0 Å². The van der Waals surface area contributed by atoms with E-state index >= 15 is 0 Å². The van der Waals surface area contributed by atoms with Gasteiger partial charge < -0.3 is 39.9 Å². The Balaban J connectivity index is 2.55. The van der Waals surface area contributed by atoms with E-state index in [1.165, 1.54) is 38.5 Å². The second-order valence-corrected chi connectivity index (χ2v) is 15.9. The summed E-state index contributed by atoms with van der Waals surface area (Å²) in [5.74, 6) is -1.16. The first-order chi connectivity index (χ1) is 26.9. The molecule has 56 heavy (non-hydrogen) atoms. The molecule has 1 aliphatic carbocycles. The molecule has 0 aliphatic heterocycles. The predicted octanol–water partition coefficient (Wildman–Crippen LogP) is 7.22. The number of rotatable bonds is 33. The lowest BCUT2D eigenvalue weighted by Gasteiger charge is -2.41. The van der Waals surface area contributed by atoms with Crippen LogP contribution in [0.4, 0.5) is 0 Å². The van der Waals surface area contributed by atoms with Gasteiger partial charge in [-0.3, -0.25) is 18.6 Å². The highest BCUT2D eigenvalue weighted by Gasteiger charge is 2.51. The highest BCUT2D eigenvalue weighted by molar-refractivity contribution is 7.47. The third-order valence-corrected chi connectivity index (χ3v) is 10.4. The molecule has 0 radical (unpaired) electrons. The van der Waals surface area contributed by atoms with E-state index in [-0.39, 0.29) is 12.8 Å². The Hall–Kier alpha value is -2.19. The molecule has 1 fully saturated rings. The number of unbranched alkanes of at least 4 members (excludes halogenated alkanes) is 13. The molecule has 1 aliphatic rings. The number of aliphatic hydroxyl groups excluding tert-OH is 5. The second-order valence-electron chi connectivity index (χ2n) is 14.5. The average Bonchev–Trinajstić information content (AvgIpc) is 3.18. The molecule has 0 bridgehead atoms. The van der Waals surface area contributed by atoms with E-state index in [9.17, 15) is 44.6 Å². The minimum absolute atomic E-state index is 0.0765. The fourth-order valence-electron chi connectivity index (χ4n) is 5.93. The first kappa shape index (κ1) is 51.8. The summed E-state index contributed by atoms with van der Waals surface area (Å²) in [5, 5.41) is 50.0. The number of aliphatic hydroxyl groups is 5. The largest absolute Gasteiger partial charge is 0.472 e. The number of hydrogen-bond acceptors (Lipinski definition) is 12. The Morgan fingerprint density at radius 1 is 0.554 bits per heavy atom. The van der Waals surface area contributed by atoms with Gasteiger partial charge in [-0.1, -0.05) is 107 Å². The lowest BCUT2D eigenvalue weighted by atomic mass is 9.85. The van der Waals surface area contributed by atoms with Gasteiger partial charge in [-0.05, 0) is 77.0 Å². The second kappa shape index (κ2) is 32.7. The fraction of sp³-hybridized carbons (Fsp3) is 0.762. The summed E-state index contributed by atoms with van der Waals surface area (Å²) in [6.07, 6.45) is 23.2. The highest BCUT2D eigenvalue weighted by Crippen LogP contribution is 2.47. The Morgan fingerprint density at radius 2 is 0.964 bits per heavy atom. The van der Waals surface area contributed by atoms with Crippen LogP contribution in [0.1, 0.15) is 149 Å². The number of carbonyl (C=O) groups excluding carboxylic acids is 2. The molecule has 13 nitrogen and oxygen atoms in total. The van der Waals surface area contributed by atoms with Gasteiger partial charge in [0, 0.05) is 12.8 Å². The van der Waals surface area contributed by atoms with Crippen molar-refractivity contribution in [3.8, 4) is 0 Å². The Bertz CT molecular complexity index is 1170. The number of phosphoric acid groups is 1. The van der Waals surface area contributed by atoms with E-state index in [1.807, 2.05) is 0 Å². The maximum atomic E-state index is 12.8. The smallest absolute Gasteiger partial charge is 0.462 e. The van der Waals surface area contributed by atoms with Crippen molar-refractivity contribution in [1.82, 2.24) is 0 Å². The van der Waals surface area contributed by atoms with Crippen molar-refractivity contribution in [3.63, 3.8) is 0 Å². The number of hydrogen-bond donors (Lipinski definition) is 6. The van der Waals surface area contributed by atoms with Crippen molar-refractivity contribution in [2.24, 2.45) is 0 Å². The molecule has 0 spiro atoms. The SMILES string of the molecule is CCCCC/C=C\C/C=C\C/C=C\CCCCC(=O)OC[C@H](COP(=O)(O)OC1C(O)C(O)C(O)[C@@H](O)C1O)OC(=O)CCCCCCC/C=C\CCCCC. The number of ether oxygens (including phenoxy) is 2. The van der Waals surface area contributed by atoms with E-state index in [2.05, 4.69) is 62.5 Å². The van der Waals surface area contributed by atoms with Crippen LogP contribution in [-0.2, 0) is 32.7 Å². The van der Waals surface area contributed by atoms with Crippen LogP contribution in [0.3, 0.4) is 0 Å². The molecule has 324 valence electrons. The Kier molecular flexibility index (Phi) is 30.3. The van der Waals surface area contributed by atoms with Gasteiger partial charge in [0.2, 0.25) is 0 Å². The summed E-state index contributed by atoms with van der Waals surface area (Å²) >= 11 is 0. The molecule has 0 aromatic heterocycles. The molecule has 8 atom stereocenters. The summed E-state index contributed by atoms with van der Waals surface area (Å²) in [5.41, 5.74) is 0. The van der Waals surface area contributed by atoms with Gasteiger partial charge in [-0.25, -0.2) is 4.57 Å². The molecule has 1 rings (SSSR count).